The minimum absolute atomic E-state index is 0.0470. The highest BCUT2D eigenvalue weighted by Crippen LogP contribution is 2.19. The molecule has 2 aromatic rings. The van der Waals surface area contributed by atoms with E-state index in [4.69, 9.17) is 9.47 Å². The molecule has 130 valence electrons. The highest BCUT2D eigenvalue weighted by atomic mass is 16.5. The molecule has 0 aliphatic rings. The van der Waals surface area contributed by atoms with Gasteiger partial charge in [-0.3, -0.25) is 14.9 Å². The van der Waals surface area contributed by atoms with Gasteiger partial charge >= 0.3 is 5.97 Å². The minimum Gasteiger partial charge on any atom is -0.507 e. The van der Waals surface area contributed by atoms with Crippen molar-refractivity contribution < 1.29 is 29.0 Å². The SMILES string of the molecule is COc1ccc(C(=O)NC(=O)COC(=O)c2cc(C)ccc2O)cc1. The van der Waals surface area contributed by atoms with E-state index in [0.717, 1.165) is 5.56 Å². The van der Waals surface area contributed by atoms with Crippen molar-refractivity contribution in [3.05, 3.63) is 59.2 Å². The number of hydrogen-bond donors (Lipinski definition) is 2. The monoisotopic (exact) mass is 343 g/mol. The molecule has 25 heavy (non-hydrogen) atoms. The van der Waals surface area contributed by atoms with Crippen LogP contribution in [0.15, 0.2) is 42.5 Å². The lowest BCUT2D eigenvalue weighted by Gasteiger charge is -2.08. The molecule has 7 nitrogen and oxygen atoms in total. The van der Waals surface area contributed by atoms with Gasteiger partial charge in [0.1, 0.15) is 17.1 Å². The van der Waals surface area contributed by atoms with Crippen molar-refractivity contribution in [3.63, 3.8) is 0 Å². The third-order valence-corrected chi connectivity index (χ3v) is 3.31. The summed E-state index contributed by atoms with van der Waals surface area (Å²) in [5.41, 5.74) is 0.968. The van der Waals surface area contributed by atoms with Crippen LogP contribution in [0.5, 0.6) is 11.5 Å². The second-order valence-electron chi connectivity index (χ2n) is 5.20. The number of amides is 2. The van der Waals surface area contributed by atoms with Gasteiger partial charge in [0, 0.05) is 5.56 Å². The van der Waals surface area contributed by atoms with Gasteiger partial charge in [0.25, 0.3) is 11.8 Å². The summed E-state index contributed by atoms with van der Waals surface area (Å²) in [5.74, 6) is -1.92. The topological polar surface area (TPSA) is 102 Å². The van der Waals surface area contributed by atoms with Gasteiger partial charge in [-0.25, -0.2) is 4.79 Å². The Bertz CT molecular complexity index is 798. The zero-order valence-corrected chi connectivity index (χ0v) is 13.7. The molecule has 0 unspecified atom stereocenters. The number of hydrogen-bond acceptors (Lipinski definition) is 6. The molecule has 0 radical (unpaired) electrons. The normalized spacial score (nSPS) is 10.0. The molecule has 2 aromatic carbocycles. The Morgan fingerprint density at radius 3 is 2.40 bits per heavy atom. The number of carbonyl (C=O) groups excluding carboxylic acids is 3. The number of aromatic hydroxyl groups is 1. The number of phenolic OH excluding ortho intramolecular Hbond substituents is 1. The van der Waals surface area contributed by atoms with Crippen LogP contribution < -0.4 is 10.1 Å². The van der Waals surface area contributed by atoms with Gasteiger partial charge in [0.2, 0.25) is 0 Å². The van der Waals surface area contributed by atoms with Crippen molar-refractivity contribution in [1.29, 1.82) is 0 Å². The Morgan fingerprint density at radius 1 is 1.08 bits per heavy atom. The lowest BCUT2D eigenvalue weighted by Crippen LogP contribution is -2.34. The average molecular weight is 343 g/mol. The molecule has 2 amide bonds. The van der Waals surface area contributed by atoms with Crippen molar-refractivity contribution in [3.8, 4) is 11.5 Å². The molecule has 0 aliphatic carbocycles. The fourth-order valence-corrected chi connectivity index (χ4v) is 2.00. The molecule has 0 saturated heterocycles. The van der Waals surface area contributed by atoms with Gasteiger partial charge in [-0.15, -0.1) is 0 Å². The molecule has 0 saturated carbocycles. The first kappa shape index (κ1) is 18.0. The summed E-state index contributed by atoms with van der Waals surface area (Å²) in [5, 5.41) is 11.7. The molecule has 0 bridgehead atoms. The van der Waals surface area contributed by atoms with Crippen LogP contribution in [-0.4, -0.2) is 36.6 Å². The first-order valence-corrected chi connectivity index (χ1v) is 7.35. The Morgan fingerprint density at radius 2 is 1.76 bits per heavy atom. The smallest absolute Gasteiger partial charge is 0.342 e. The zero-order chi connectivity index (χ0) is 18.4. The first-order chi connectivity index (χ1) is 11.9. The van der Waals surface area contributed by atoms with Gasteiger partial charge in [-0.2, -0.15) is 0 Å². The van der Waals surface area contributed by atoms with E-state index in [1.54, 1.807) is 25.1 Å². The Balaban J connectivity index is 1.90. The predicted octanol–water partition coefficient (Wildman–Crippen LogP) is 1.82. The summed E-state index contributed by atoms with van der Waals surface area (Å²) in [4.78, 5) is 35.5. The molecular weight excluding hydrogens is 326 g/mol. The van der Waals surface area contributed by atoms with Crippen LogP contribution in [0.2, 0.25) is 0 Å². The van der Waals surface area contributed by atoms with Crippen LogP contribution in [-0.2, 0) is 9.53 Å². The second-order valence-corrected chi connectivity index (χ2v) is 5.20. The van der Waals surface area contributed by atoms with E-state index in [0.29, 0.717) is 5.75 Å². The quantitative estimate of drug-likeness (QED) is 0.803. The second kappa shape index (κ2) is 7.96. The van der Waals surface area contributed by atoms with E-state index in [-0.39, 0.29) is 16.9 Å². The fraction of sp³-hybridized carbons (Fsp3) is 0.167. The van der Waals surface area contributed by atoms with Gasteiger partial charge in [0.15, 0.2) is 6.61 Å². The maximum absolute atomic E-state index is 11.9. The fourth-order valence-electron chi connectivity index (χ4n) is 2.00. The molecule has 0 aliphatic heterocycles. The lowest BCUT2D eigenvalue weighted by atomic mass is 10.1. The lowest BCUT2D eigenvalue weighted by molar-refractivity contribution is -0.123. The summed E-state index contributed by atoms with van der Waals surface area (Å²) in [6.07, 6.45) is 0. The van der Waals surface area contributed by atoms with Gasteiger partial charge in [-0.05, 0) is 43.3 Å². The highest BCUT2D eigenvalue weighted by molar-refractivity contribution is 6.05. The molecule has 7 heteroatoms. The molecule has 0 spiro atoms. The Hall–Kier alpha value is -3.35. The van der Waals surface area contributed by atoms with E-state index in [1.807, 2.05) is 0 Å². The van der Waals surface area contributed by atoms with Crippen molar-refractivity contribution >= 4 is 17.8 Å². The number of esters is 1. The number of methoxy groups -OCH3 is 1. The maximum Gasteiger partial charge on any atom is 0.342 e. The molecule has 2 rings (SSSR count). The first-order valence-electron chi connectivity index (χ1n) is 7.35. The van der Waals surface area contributed by atoms with Crippen LogP contribution in [0.3, 0.4) is 0 Å². The van der Waals surface area contributed by atoms with Crippen LogP contribution in [0.25, 0.3) is 0 Å². The van der Waals surface area contributed by atoms with E-state index in [1.165, 1.54) is 31.4 Å². The van der Waals surface area contributed by atoms with Gasteiger partial charge in [-0.1, -0.05) is 11.6 Å². The maximum atomic E-state index is 11.9. The number of carbonyl (C=O) groups is 3. The van der Waals surface area contributed by atoms with Crippen LogP contribution in [0.4, 0.5) is 0 Å². The molecule has 0 fully saturated rings. The number of phenols is 1. The third kappa shape index (κ3) is 4.81. The van der Waals surface area contributed by atoms with Crippen LogP contribution in [0.1, 0.15) is 26.3 Å². The highest BCUT2D eigenvalue weighted by Gasteiger charge is 2.16. The summed E-state index contributed by atoms with van der Waals surface area (Å²) < 4.78 is 9.79. The molecule has 2 N–H and O–H groups in total. The number of imide groups is 1. The minimum atomic E-state index is -0.853. The summed E-state index contributed by atoms with van der Waals surface area (Å²) >= 11 is 0. The summed E-state index contributed by atoms with van der Waals surface area (Å²) in [7, 11) is 1.50. The molecular formula is C18H17NO6. The van der Waals surface area contributed by atoms with Crippen molar-refractivity contribution in [2.75, 3.05) is 13.7 Å². The number of ether oxygens (including phenoxy) is 2. The number of aryl methyl sites for hydroxylation is 1. The van der Waals surface area contributed by atoms with Crippen LogP contribution in [0, 0.1) is 6.92 Å². The van der Waals surface area contributed by atoms with E-state index >= 15 is 0 Å². The summed E-state index contributed by atoms with van der Waals surface area (Å²) in [6, 6.07) is 10.6. The number of nitrogens with one attached hydrogen (secondary N) is 1. The summed E-state index contributed by atoms with van der Waals surface area (Å²) in [6.45, 7) is 1.10. The standard InChI is InChI=1S/C18H17NO6/c1-11-3-8-15(20)14(9-11)18(23)25-10-16(21)19-17(22)12-4-6-13(24-2)7-5-12/h3-9,20H,10H2,1-2H3,(H,19,21,22). The Kier molecular flexibility index (Phi) is 5.73. The molecule has 0 heterocycles. The van der Waals surface area contributed by atoms with Crippen molar-refractivity contribution in [2.45, 2.75) is 6.92 Å². The van der Waals surface area contributed by atoms with E-state index in [9.17, 15) is 19.5 Å². The van der Waals surface area contributed by atoms with E-state index < -0.39 is 24.4 Å². The van der Waals surface area contributed by atoms with Crippen molar-refractivity contribution in [1.82, 2.24) is 5.32 Å². The number of benzene rings is 2. The van der Waals surface area contributed by atoms with Crippen molar-refractivity contribution in [2.24, 2.45) is 0 Å². The predicted molar refractivity (Wildman–Crippen MR) is 88.6 cm³/mol. The van der Waals surface area contributed by atoms with E-state index in [2.05, 4.69) is 5.32 Å². The van der Waals surface area contributed by atoms with Gasteiger partial charge in [0.05, 0.1) is 7.11 Å². The number of rotatable bonds is 5. The third-order valence-electron chi connectivity index (χ3n) is 3.31. The Labute approximate surface area is 144 Å². The van der Waals surface area contributed by atoms with Gasteiger partial charge < -0.3 is 14.6 Å². The zero-order valence-electron chi connectivity index (χ0n) is 13.7. The molecule has 0 atom stereocenters. The molecule has 0 aromatic heterocycles. The average Bonchev–Trinajstić information content (AvgIpc) is 2.61. The van der Waals surface area contributed by atoms with Crippen LogP contribution >= 0.6 is 0 Å². The largest absolute Gasteiger partial charge is 0.507 e.